The Bertz CT molecular complexity index is 1020. The Morgan fingerprint density at radius 2 is 1.29 bits per heavy atom. The molecular weight excluding hydrogens is 390 g/mol. The maximum absolute atomic E-state index is 13.4. The molecule has 1 amide bonds. The summed E-state index contributed by atoms with van der Waals surface area (Å²) in [4.78, 5) is 26.6. The summed E-state index contributed by atoms with van der Waals surface area (Å²) in [5, 5.41) is 20.2. The Morgan fingerprint density at radius 1 is 0.806 bits per heavy atom. The number of aliphatic hydroxyl groups is 1. The number of nitrogens with zero attached hydrogens (tertiary/aromatic N) is 1. The molecule has 0 aliphatic rings. The number of hydrogen-bond donors (Lipinski definition) is 2. The molecule has 0 spiro atoms. The number of carbonyl (C=O) groups is 2. The lowest BCUT2D eigenvalue weighted by Gasteiger charge is -2.38. The van der Waals surface area contributed by atoms with Crippen LogP contribution in [0.5, 0.6) is 0 Å². The smallest absolute Gasteiger partial charge is 0.335 e. The van der Waals surface area contributed by atoms with E-state index in [0.29, 0.717) is 5.56 Å². The number of hydrogen-bond acceptors (Lipinski definition) is 3. The molecule has 0 aliphatic heterocycles. The predicted molar refractivity (Wildman–Crippen MR) is 120 cm³/mol. The fourth-order valence-corrected chi connectivity index (χ4v) is 3.56. The van der Waals surface area contributed by atoms with Crippen LogP contribution >= 0.6 is 0 Å². The van der Waals surface area contributed by atoms with Gasteiger partial charge in [0, 0.05) is 6.08 Å². The third kappa shape index (κ3) is 5.47. The lowest BCUT2D eigenvalue weighted by atomic mass is 9.95. The van der Waals surface area contributed by atoms with Gasteiger partial charge < -0.3 is 15.1 Å². The van der Waals surface area contributed by atoms with Gasteiger partial charge in [0.05, 0.1) is 12.1 Å². The maximum Gasteiger partial charge on any atom is 0.335 e. The third-order valence-electron chi connectivity index (χ3n) is 5.16. The zero-order chi connectivity index (χ0) is 22.2. The first-order valence-corrected chi connectivity index (χ1v) is 10.0. The van der Waals surface area contributed by atoms with Gasteiger partial charge in [-0.25, -0.2) is 4.79 Å². The van der Waals surface area contributed by atoms with E-state index >= 15 is 0 Å². The van der Waals surface area contributed by atoms with Crippen molar-refractivity contribution in [2.75, 3.05) is 0 Å². The largest absolute Gasteiger partial charge is 0.479 e. The number of amides is 1. The van der Waals surface area contributed by atoms with E-state index in [1.807, 2.05) is 67.6 Å². The van der Waals surface area contributed by atoms with E-state index in [2.05, 4.69) is 0 Å². The predicted octanol–water partition coefficient (Wildman–Crippen LogP) is 4.48. The van der Waals surface area contributed by atoms with E-state index in [1.165, 1.54) is 11.0 Å². The van der Waals surface area contributed by atoms with Crippen molar-refractivity contribution < 1.29 is 19.8 Å². The van der Waals surface area contributed by atoms with Crippen molar-refractivity contribution in [2.45, 2.75) is 25.1 Å². The molecule has 3 rings (SSSR count). The van der Waals surface area contributed by atoms with Crippen molar-refractivity contribution in [3.63, 3.8) is 0 Å². The molecule has 31 heavy (non-hydrogen) atoms. The monoisotopic (exact) mass is 415 g/mol. The van der Waals surface area contributed by atoms with Crippen LogP contribution in [0.1, 0.15) is 35.7 Å². The van der Waals surface area contributed by atoms with E-state index in [1.54, 1.807) is 36.4 Å². The second-order valence-electron chi connectivity index (χ2n) is 7.21. The summed E-state index contributed by atoms with van der Waals surface area (Å²) in [5.41, 5.74) is 2.22. The molecule has 0 fully saturated rings. The minimum Gasteiger partial charge on any atom is -0.479 e. The van der Waals surface area contributed by atoms with Gasteiger partial charge in [-0.3, -0.25) is 4.79 Å². The summed E-state index contributed by atoms with van der Waals surface area (Å²) >= 11 is 0. The summed E-state index contributed by atoms with van der Waals surface area (Å²) in [7, 11) is 0. The van der Waals surface area contributed by atoms with Gasteiger partial charge in [0.2, 0.25) is 5.91 Å². The molecule has 0 heterocycles. The molecule has 158 valence electrons. The van der Waals surface area contributed by atoms with Gasteiger partial charge in [-0.1, -0.05) is 91.0 Å². The van der Waals surface area contributed by atoms with Gasteiger partial charge in [-0.15, -0.1) is 0 Å². The molecule has 0 aliphatic carbocycles. The Morgan fingerprint density at radius 3 is 1.81 bits per heavy atom. The molecular formula is C26H25NO4. The highest BCUT2D eigenvalue weighted by Crippen LogP contribution is 2.33. The van der Waals surface area contributed by atoms with Crippen molar-refractivity contribution in [2.24, 2.45) is 0 Å². The van der Waals surface area contributed by atoms with Crippen molar-refractivity contribution in [3.8, 4) is 0 Å². The Balaban J connectivity index is 2.07. The van der Waals surface area contributed by atoms with Crippen molar-refractivity contribution in [3.05, 3.63) is 114 Å². The number of aliphatic carboxylic acids is 1. The molecule has 5 nitrogen and oxygen atoms in total. The first kappa shape index (κ1) is 22.0. The van der Waals surface area contributed by atoms with Crippen molar-refractivity contribution >= 4 is 18.0 Å². The van der Waals surface area contributed by atoms with Crippen LogP contribution in [0.4, 0.5) is 0 Å². The number of carbonyl (C=O) groups excluding carboxylic acids is 1. The minimum absolute atomic E-state index is 0.394. The van der Waals surface area contributed by atoms with Gasteiger partial charge in [0.1, 0.15) is 0 Å². The SMILES string of the molecule is CC(c1ccccc1)N(C(=O)C=Cc1ccccc1)C(c1ccccc1)C(O)C(=O)O. The summed E-state index contributed by atoms with van der Waals surface area (Å²) in [6.45, 7) is 1.83. The normalized spacial score (nSPS) is 14.0. The lowest BCUT2D eigenvalue weighted by molar-refractivity contribution is -0.154. The van der Waals surface area contributed by atoms with Crippen molar-refractivity contribution in [1.29, 1.82) is 0 Å². The highest BCUT2D eigenvalue weighted by atomic mass is 16.4. The molecule has 0 radical (unpaired) electrons. The Kier molecular flexibility index (Phi) is 7.35. The van der Waals surface area contributed by atoms with Crippen molar-refractivity contribution in [1.82, 2.24) is 4.90 Å². The molecule has 5 heteroatoms. The van der Waals surface area contributed by atoms with Gasteiger partial charge in [-0.2, -0.15) is 0 Å². The average molecular weight is 415 g/mol. The molecule has 0 aromatic heterocycles. The quantitative estimate of drug-likeness (QED) is 0.532. The van der Waals surface area contributed by atoms with Crippen LogP contribution in [0.15, 0.2) is 97.1 Å². The topological polar surface area (TPSA) is 77.8 Å². The maximum atomic E-state index is 13.4. The van der Waals surface area contributed by atoms with Gasteiger partial charge in [0.15, 0.2) is 6.10 Å². The second-order valence-corrected chi connectivity index (χ2v) is 7.21. The number of carboxylic acids is 1. The molecule has 3 unspecified atom stereocenters. The number of carboxylic acid groups (broad SMARTS) is 1. The first-order valence-electron chi connectivity index (χ1n) is 10.0. The molecule has 2 N–H and O–H groups in total. The van der Waals surface area contributed by atoms with E-state index in [4.69, 9.17) is 0 Å². The van der Waals surface area contributed by atoms with Crippen LogP contribution in [0.2, 0.25) is 0 Å². The first-order chi connectivity index (χ1) is 15.0. The van der Waals surface area contributed by atoms with E-state index in [0.717, 1.165) is 11.1 Å². The van der Waals surface area contributed by atoms with E-state index in [-0.39, 0.29) is 0 Å². The van der Waals surface area contributed by atoms with Gasteiger partial charge in [0.25, 0.3) is 0 Å². The molecule has 0 bridgehead atoms. The average Bonchev–Trinajstić information content (AvgIpc) is 2.82. The Hall–Kier alpha value is -3.70. The molecule has 0 saturated heterocycles. The fraction of sp³-hybridized carbons (Fsp3) is 0.154. The minimum atomic E-state index is -1.79. The molecule has 3 atom stereocenters. The lowest BCUT2D eigenvalue weighted by Crippen LogP contribution is -2.44. The van der Waals surface area contributed by atoms with Gasteiger partial charge >= 0.3 is 5.97 Å². The summed E-state index contributed by atoms with van der Waals surface area (Å²) in [6, 6.07) is 25.9. The molecule has 0 saturated carbocycles. The van der Waals surface area contributed by atoms with E-state index < -0.39 is 30.1 Å². The molecule has 3 aromatic rings. The third-order valence-corrected chi connectivity index (χ3v) is 5.16. The number of rotatable bonds is 8. The highest BCUT2D eigenvalue weighted by Gasteiger charge is 2.37. The standard InChI is InChI=1S/C26H25NO4/c1-19(21-13-7-3-8-14-21)27(23(28)18-17-20-11-5-2-6-12-20)24(25(29)26(30)31)22-15-9-4-10-16-22/h2-19,24-25,29H,1H3,(H,30,31). The van der Waals surface area contributed by atoms with Crippen LogP contribution in [0.3, 0.4) is 0 Å². The summed E-state index contributed by atoms with van der Waals surface area (Å²) < 4.78 is 0. The van der Waals surface area contributed by atoms with Gasteiger partial charge in [-0.05, 0) is 29.7 Å². The Labute approximate surface area is 181 Å². The zero-order valence-corrected chi connectivity index (χ0v) is 17.2. The van der Waals surface area contributed by atoms with Crippen LogP contribution in [0.25, 0.3) is 6.08 Å². The number of benzene rings is 3. The zero-order valence-electron chi connectivity index (χ0n) is 17.2. The molecule has 3 aromatic carbocycles. The summed E-state index contributed by atoms with van der Waals surface area (Å²) in [6.07, 6.45) is 1.31. The van der Waals surface area contributed by atoms with E-state index in [9.17, 15) is 19.8 Å². The number of aliphatic hydroxyl groups excluding tert-OH is 1. The second kappa shape index (κ2) is 10.4. The van der Waals surface area contributed by atoms with Crippen LogP contribution in [-0.2, 0) is 9.59 Å². The summed E-state index contributed by atoms with van der Waals surface area (Å²) in [5.74, 6) is -1.78. The fourth-order valence-electron chi connectivity index (χ4n) is 3.56. The van der Waals surface area contributed by atoms with Crippen LogP contribution in [0, 0.1) is 0 Å². The highest BCUT2D eigenvalue weighted by molar-refractivity contribution is 5.93. The van der Waals surface area contributed by atoms with Crippen LogP contribution < -0.4 is 0 Å². The van der Waals surface area contributed by atoms with Crippen LogP contribution in [-0.4, -0.2) is 33.1 Å².